The molecule has 3 aromatic carbocycles. The van der Waals surface area contributed by atoms with Gasteiger partial charge in [-0.3, -0.25) is 9.59 Å². The molecule has 0 unspecified atom stereocenters. The topological polar surface area (TPSA) is 63.4 Å². The number of fused-ring (bicyclic) bond motifs is 2. The largest absolute Gasteiger partial charge is 0.436 e. The van der Waals surface area contributed by atoms with Crippen molar-refractivity contribution >= 4 is 28.6 Å². The van der Waals surface area contributed by atoms with Gasteiger partial charge in [-0.1, -0.05) is 18.2 Å². The molecule has 5 nitrogen and oxygen atoms in total. The van der Waals surface area contributed by atoms with E-state index in [9.17, 15) is 9.59 Å². The van der Waals surface area contributed by atoms with Gasteiger partial charge in [0.1, 0.15) is 5.52 Å². The summed E-state index contributed by atoms with van der Waals surface area (Å²) in [5, 5.41) is 0. The van der Waals surface area contributed by atoms with Crippen LogP contribution in [0, 0.1) is 20.8 Å². The van der Waals surface area contributed by atoms with Crippen LogP contribution in [0.15, 0.2) is 59.0 Å². The van der Waals surface area contributed by atoms with Crippen molar-refractivity contribution in [1.82, 2.24) is 4.98 Å². The summed E-state index contributed by atoms with van der Waals surface area (Å²) >= 11 is 0. The van der Waals surface area contributed by atoms with Crippen molar-refractivity contribution in [3.63, 3.8) is 0 Å². The van der Waals surface area contributed by atoms with Crippen LogP contribution in [0.2, 0.25) is 0 Å². The second kappa shape index (κ2) is 6.14. The molecule has 0 saturated heterocycles. The quantitative estimate of drug-likeness (QED) is 0.446. The number of oxazole rings is 1. The van der Waals surface area contributed by atoms with Crippen molar-refractivity contribution < 1.29 is 14.0 Å². The lowest BCUT2D eigenvalue weighted by atomic mass is 10.1. The lowest BCUT2D eigenvalue weighted by molar-refractivity contribution is 0.0926. The maximum atomic E-state index is 13.1. The summed E-state index contributed by atoms with van der Waals surface area (Å²) in [5.41, 5.74) is 6.54. The van der Waals surface area contributed by atoms with Gasteiger partial charge in [0.25, 0.3) is 11.8 Å². The van der Waals surface area contributed by atoms with E-state index < -0.39 is 0 Å². The third-order valence-electron chi connectivity index (χ3n) is 5.49. The molecule has 2 amide bonds. The normalized spacial score (nSPS) is 13.4. The van der Waals surface area contributed by atoms with Gasteiger partial charge < -0.3 is 4.42 Å². The Balaban J connectivity index is 1.59. The highest BCUT2D eigenvalue weighted by Gasteiger charge is 2.37. The minimum absolute atomic E-state index is 0.307. The van der Waals surface area contributed by atoms with E-state index in [0.29, 0.717) is 33.9 Å². The standard InChI is InChI=1S/C24H18N2O3/c1-13-7-10-21-19(11-13)25-22(29-21)16-8-9-17-18(12-16)24(28)26(23(17)27)20-6-4-5-14(2)15(20)3/h4-12H,1-3H3. The van der Waals surface area contributed by atoms with Gasteiger partial charge in [0, 0.05) is 5.56 Å². The molecule has 0 saturated carbocycles. The minimum Gasteiger partial charge on any atom is -0.436 e. The van der Waals surface area contributed by atoms with Crippen LogP contribution in [-0.2, 0) is 0 Å². The van der Waals surface area contributed by atoms with Gasteiger partial charge >= 0.3 is 0 Å². The first-order valence-electron chi connectivity index (χ1n) is 9.40. The van der Waals surface area contributed by atoms with E-state index in [1.165, 1.54) is 4.90 Å². The Morgan fingerprint density at radius 3 is 2.48 bits per heavy atom. The molecule has 2 heterocycles. The summed E-state index contributed by atoms with van der Waals surface area (Å²) in [6.45, 7) is 5.87. The number of rotatable bonds is 2. The van der Waals surface area contributed by atoms with Crippen LogP contribution in [0.25, 0.3) is 22.6 Å². The zero-order valence-corrected chi connectivity index (χ0v) is 16.3. The lowest BCUT2D eigenvalue weighted by Gasteiger charge is -2.17. The number of hydrogen-bond donors (Lipinski definition) is 0. The van der Waals surface area contributed by atoms with Gasteiger partial charge in [-0.05, 0) is 73.9 Å². The number of hydrogen-bond acceptors (Lipinski definition) is 4. The van der Waals surface area contributed by atoms with E-state index in [1.54, 1.807) is 24.3 Å². The average molecular weight is 382 g/mol. The van der Waals surface area contributed by atoms with Gasteiger partial charge in [-0.2, -0.15) is 0 Å². The van der Waals surface area contributed by atoms with Crippen LogP contribution >= 0.6 is 0 Å². The van der Waals surface area contributed by atoms with Gasteiger partial charge in [0.15, 0.2) is 5.58 Å². The molecule has 0 fully saturated rings. The van der Waals surface area contributed by atoms with Gasteiger partial charge in [0.05, 0.1) is 16.8 Å². The predicted octanol–water partition coefficient (Wildman–Crippen LogP) is 5.22. The summed E-state index contributed by atoms with van der Waals surface area (Å²) in [7, 11) is 0. The minimum atomic E-state index is -0.326. The van der Waals surface area contributed by atoms with Crippen molar-refractivity contribution in [3.8, 4) is 11.5 Å². The lowest BCUT2D eigenvalue weighted by Crippen LogP contribution is -2.30. The molecule has 0 spiro atoms. The molecule has 1 aromatic heterocycles. The first-order valence-corrected chi connectivity index (χ1v) is 9.40. The highest BCUT2D eigenvalue weighted by Crippen LogP contribution is 2.34. The maximum absolute atomic E-state index is 13.1. The van der Waals surface area contributed by atoms with Gasteiger partial charge in [-0.25, -0.2) is 9.88 Å². The number of aryl methyl sites for hydroxylation is 2. The molecular formula is C24H18N2O3. The SMILES string of the molecule is Cc1ccc2oc(-c3ccc4c(c3)C(=O)N(c3cccc(C)c3C)C4=O)nc2c1. The van der Waals surface area contributed by atoms with E-state index >= 15 is 0 Å². The third kappa shape index (κ3) is 2.58. The maximum Gasteiger partial charge on any atom is 0.266 e. The molecule has 0 atom stereocenters. The van der Waals surface area contributed by atoms with Crippen LogP contribution in [0.3, 0.4) is 0 Å². The summed E-state index contributed by atoms with van der Waals surface area (Å²) in [6.07, 6.45) is 0. The molecule has 4 aromatic rings. The molecule has 1 aliphatic rings. The monoisotopic (exact) mass is 382 g/mol. The Bertz CT molecular complexity index is 1330. The molecule has 0 radical (unpaired) electrons. The Morgan fingerprint density at radius 2 is 1.66 bits per heavy atom. The van der Waals surface area contributed by atoms with Crippen LogP contribution in [0.1, 0.15) is 37.4 Å². The van der Waals surface area contributed by atoms with Crippen molar-refractivity contribution in [2.24, 2.45) is 0 Å². The first-order chi connectivity index (χ1) is 13.9. The summed E-state index contributed by atoms with van der Waals surface area (Å²) < 4.78 is 5.86. The Labute approximate surface area is 167 Å². The number of carbonyl (C=O) groups excluding carboxylic acids is 2. The van der Waals surface area contributed by atoms with Crippen molar-refractivity contribution in [3.05, 3.63) is 82.4 Å². The smallest absolute Gasteiger partial charge is 0.266 e. The number of nitrogens with zero attached hydrogens (tertiary/aromatic N) is 2. The van der Waals surface area contributed by atoms with E-state index in [0.717, 1.165) is 22.2 Å². The summed E-state index contributed by atoms with van der Waals surface area (Å²) in [5.74, 6) is -0.204. The van der Waals surface area contributed by atoms with E-state index in [1.807, 2.05) is 51.1 Å². The first kappa shape index (κ1) is 17.4. The fraction of sp³-hybridized carbons (Fsp3) is 0.125. The average Bonchev–Trinajstić information content (AvgIpc) is 3.23. The molecule has 29 heavy (non-hydrogen) atoms. The Hall–Kier alpha value is -3.73. The van der Waals surface area contributed by atoms with Gasteiger partial charge in [0.2, 0.25) is 5.89 Å². The van der Waals surface area contributed by atoms with Crippen molar-refractivity contribution in [2.75, 3.05) is 4.90 Å². The number of anilines is 1. The fourth-order valence-electron chi connectivity index (χ4n) is 3.73. The second-order valence-corrected chi connectivity index (χ2v) is 7.42. The molecule has 142 valence electrons. The molecule has 5 rings (SSSR count). The van der Waals surface area contributed by atoms with E-state index in [4.69, 9.17) is 4.42 Å². The Kier molecular flexibility index (Phi) is 3.68. The zero-order chi connectivity index (χ0) is 20.3. The molecule has 1 aliphatic heterocycles. The van der Waals surface area contributed by atoms with Crippen LogP contribution in [0.5, 0.6) is 0 Å². The number of aromatic nitrogens is 1. The van der Waals surface area contributed by atoms with Crippen LogP contribution in [0.4, 0.5) is 5.69 Å². The van der Waals surface area contributed by atoms with E-state index in [2.05, 4.69) is 4.98 Å². The number of benzene rings is 3. The predicted molar refractivity (Wildman–Crippen MR) is 111 cm³/mol. The highest BCUT2D eigenvalue weighted by atomic mass is 16.3. The summed E-state index contributed by atoms with van der Waals surface area (Å²) in [4.78, 5) is 31.9. The molecule has 0 bridgehead atoms. The van der Waals surface area contributed by atoms with Crippen molar-refractivity contribution in [2.45, 2.75) is 20.8 Å². The molecule has 0 aliphatic carbocycles. The zero-order valence-electron chi connectivity index (χ0n) is 16.3. The highest BCUT2D eigenvalue weighted by molar-refractivity contribution is 6.34. The van der Waals surface area contributed by atoms with Crippen LogP contribution in [-0.4, -0.2) is 16.8 Å². The summed E-state index contributed by atoms with van der Waals surface area (Å²) in [6, 6.07) is 16.6. The Morgan fingerprint density at radius 1 is 0.862 bits per heavy atom. The van der Waals surface area contributed by atoms with E-state index in [-0.39, 0.29) is 11.8 Å². The molecule has 0 N–H and O–H groups in total. The van der Waals surface area contributed by atoms with Gasteiger partial charge in [-0.15, -0.1) is 0 Å². The number of carbonyl (C=O) groups is 2. The number of amides is 2. The molecule has 5 heteroatoms. The fourth-order valence-corrected chi connectivity index (χ4v) is 3.73. The molecular weight excluding hydrogens is 364 g/mol. The van der Waals surface area contributed by atoms with Crippen LogP contribution < -0.4 is 4.90 Å². The second-order valence-electron chi connectivity index (χ2n) is 7.42. The van der Waals surface area contributed by atoms with Crippen molar-refractivity contribution in [1.29, 1.82) is 0 Å². The third-order valence-corrected chi connectivity index (χ3v) is 5.49. The number of imide groups is 1.